The second-order valence-electron chi connectivity index (χ2n) is 5.93. The molecule has 0 aromatic heterocycles. The molecule has 0 saturated carbocycles. The number of rotatable bonds is 4. The zero-order chi connectivity index (χ0) is 18.7. The third-order valence-corrected chi connectivity index (χ3v) is 4.28. The molecule has 2 aromatic rings. The second kappa shape index (κ2) is 7.66. The number of nitrogens with one attached hydrogen (secondary N) is 1. The number of aryl methyl sites for hydroxylation is 1. The molecule has 2 unspecified atom stereocenters. The van der Waals surface area contributed by atoms with Gasteiger partial charge in [-0.25, -0.2) is 4.79 Å². The van der Waals surface area contributed by atoms with Crippen molar-refractivity contribution in [3.05, 3.63) is 53.1 Å². The summed E-state index contributed by atoms with van der Waals surface area (Å²) in [5.41, 5.74) is 1.43. The van der Waals surface area contributed by atoms with Crippen LogP contribution in [-0.2, 0) is 14.3 Å². The van der Waals surface area contributed by atoms with Crippen molar-refractivity contribution in [2.24, 2.45) is 0 Å². The van der Waals surface area contributed by atoms with Crippen LogP contribution in [0.1, 0.15) is 12.5 Å². The maximum absolute atomic E-state index is 12.2. The minimum atomic E-state index is -0.938. The minimum Gasteiger partial charge on any atom is -0.482 e. The molecule has 1 aliphatic rings. The summed E-state index contributed by atoms with van der Waals surface area (Å²) in [5, 5.41) is 3.16. The first kappa shape index (κ1) is 18.1. The van der Waals surface area contributed by atoms with Gasteiger partial charge in [-0.3, -0.25) is 4.79 Å². The Morgan fingerprint density at radius 1 is 1.15 bits per heavy atom. The van der Waals surface area contributed by atoms with E-state index in [1.165, 1.54) is 0 Å². The van der Waals surface area contributed by atoms with Crippen molar-refractivity contribution < 1.29 is 23.8 Å². The van der Waals surface area contributed by atoms with Gasteiger partial charge in [0, 0.05) is 10.7 Å². The van der Waals surface area contributed by atoms with Crippen molar-refractivity contribution >= 4 is 29.2 Å². The Labute approximate surface area is 156 Å². The van der Waals surface area contributed by atoms with Crippen LogP contribution in [0.2, 0.25) is 5.02 Å². The molecule has 3 rings (SSSR count). The first-order valence-corrected chi connectivity index (χ1v) is 8.47. The maximum atomic E-state index is 12.2. The fourth-order valence-corrected chi connectivity index (χ4v) is 2.65. The van der Waals surface area contributed by atoms with Gasteiger partial charge in [-0.05, 0) is 43.7 Å². The molecular weight excluding hydrogens is 358 g/mol. The van der Waals surface area contributed by atoms with Gasteiger partial charge in [-0.1, -0.05) is 29.8 Å². The molecule has 2 aromatic carbocycles. The Hall–Kier alpha value is -2.73. The second-order valence-corrected chi connectivity index (χ2v) is 6.34. The van der Waals surface area contributed by atoms with E-state index in [4.69, 9.17) is 25.8 Å². The number of esters is 1. The van der Waals surface area contributed by atoms with Crippen LogP contribution in [-0.4, -0.2) is 30.7 Å². The van der Waals surface area contributed by atoms with E-state index in [2.05, 4.69) is 5.32 Å². The molecule has 136 valence electrons. The minimum absolute atomic E-state index is 0.432. The topological polar surface area (TPSA) is 73.9 Å². The molecule has 1 amide bonds. The van der Waals surface area contributed by atoms with Gasteiger partial charge in [0.1, 0.15) is 6.10 Å². The van der Waals surface area contributed by atoms with E-state index >= 15 is 0 Å². The number of hydrogen-bond acceptors (Lipinski definition) is 5. The van der Waals surface area contributed by atoms with E-state index < -0.39 is 30.7 Å². The van der Waals surface area contributed by atoms with Gasteiger partial charge in [0.15, 0.2) is 18.1 Å². The van der Waals surface area contributed by atoms with Crippen molar-refractivity contribution in [1.82, 2.24) is 0 Å². The third kappa shape index (κ3) is 4.08. The first-order valence-electron chi connectivity index (χ1n) is 8.09. The van der Waals surface area contributed by atoms with E-state index in [1.54, 1.807) is 43.3 Å². The molecule has 0 radical (unpaired) electrons. The monoisotopic (exact) mass is 375 g/mol. The average molecular weight is 376 g/mol. The summed E-state index contributed by atoms with van der Waals surface area (Å²) in [6.45, 7) is 3.13. The van der Waals surface area contributed by atoms with Crippen LogP contribution >= 0.6 is 11.6 Å². The lowest BCUT2D eigenvalue weighted by Gasteiger charge is -2.30. The van der Waals surface area contributed by atoms with Crippen LogP contribution in [0.25, 0.3) is 0 Å². The van der Waals surface area contributed by atoms with Gasteiger partial charge in [-0.15, -0.1) is 0 Å². The summed E-state index contributed by atoms with van der Waals surface area (Å²) >= 11 is 6.02. The Morgan fingerprint density at radius 2 is 1.85 bits per heavy atom. The molecular formula is C19H18ClNO5. The van der Waals surface area contributed by atoms with Gasteiger partial charge in [-0.2, -0.15) is 0 Å². The lowest BCUT2D eigenvalue weighted by Crippen LogP contribution is -2.45. The number of carbonyl (C=O) groups excluding carboxylic acids is 2. The van der Waals surface area contributed by atoms with Crippen LogP contribution in [0.5, 0.6) is 11.5 Å². The molecule has 0 bridgehead atoms. The van der Waals surface area contributed by atoms with Crippen molar-refractivity contribution in [2.75, 3.05) is 11.9 Å². The largest absolute Gasteiger partial charge is 0.482 e. The highest BCUT2D eigenvalue weighted by atomic mass is 35.5. The molecule has 1 heterocycles. The highest BCUT2D eigenvalue weighted by molar-refractivity contribution is 6.31. The fourth-order valence-electron chi connectivity index (χ4n) is 2.47. The van der Waals surface area contributed by atoms with Crippen LogP contribution < -0.4 is 14.8 Å². The molecule has 0 aliphatic carbocycles. The number of anilines is 1. The lowest BCUT2D eigenvalue weighted by molar-refractivity contribution is -0.159. The number of hydrogen-bond donors (Lipinski definition) is 1. The summed E-state index contributed by atoms with van der Waals surface area (Å²) in [4.78, 5) is 24.2. The summed E-state index contributed by atoms with van der Waals surface area (Å²) < 4.78 is 16.4. The molecule has 1 N–H and O–H groups in total. The van der Waals surface area contributed by atoms with Crippen molar-refractivity contribution in [3.8, 4) is 11.5 Å². The number of amides is 1. The third-order valence-electron chi connectivity index (χ3n) is 3.88. The van der Waals surface area contributed by atoms with E-state index in [0.29, 0.717) is 22.2 Å². The smallest absolute Gasteiger partial charge is 0.351 e. The van der Waals surface area contributed by atoms with Crippen LogP contribution in [0.15, 0.2) is 42.5 Å². The quantitative estimate of drug-likeness (QED) is 0.829. The Bertz CT molecular complexity index is 838. The lowest BCUT2D eigenvalue weighted by atomic mass is 10.2. The molecule has 0 spiro atoms. The molecule has 2 atom stereocenters. The summed E-state index contributed by atoms with van der Waals surface area (Å²) in [5.74, 6) is -0.100. The van der Waals surface area contributed by atoms with E-state index in [1.807, 2.05) is 13.0 Å². The summed E-state index contributed by atoms with van der Waals surface area (Å²) in [7, 11) is 0. The predicted molar refractivity (Wildman–Crippen MR) is 96.7 cm³/mol. The molecule has 0 saturated heterocycles. The zero-order valence-electron chi connectivity index (χ0n) is 14.3. The van der Waals surface area contributed by atoms with E-state index in [0.717, 1.165) is 5.56 Å². The standard InChI is InChI=1S/C19H18ClNO5/c1-11-7-8-13(9-14(11)20)21-17(22)10-24-19(23)18-12(2)25-15-5-3-4-6-16(15)26-18/h3-9,12,18H,10H2,1-2H3,(H,21,22). The normalized spacial score (nSPS) is 18.1. The number of halogens is 1. The van der Waals surface area contributed by atoms with Gasteiger partial charge in [0.05, 0.1) is 0 Å². The van der Waals surface area contributed by atoms with Crippen LogP contribution in [0.4, 0.5) is 5.69 Å². The molecule has 0 fully saturated rings. The highest BCUT2D eigenvalue weighted by Gasteiger charge is 2.35. The average Bonchev–Trinajstić information content (AvgIpc) is 2.62. The van der Waals surface area contributed by atoms with E-state index in [-0.39, 0.29) is 0 Å². The fraction of sp³-hybridized carbons (Fsp3) is 0.263. The predicted octanol–water partition coefficient (Wildman–Crippen LogP) is 3.36. The van der Waals surface area contributed by atoms with Gasteiger partial charge < -0.3 is 19.5 Å². The Morgan fingerprint density at radius 3 is 2.54 bits per heavy atom. The maximum Gasteiger partial charge on any atom is 0.351 e. The Kier molecular flexibility index (Phi) is 5.32. The SMILES string of the molecule is Cc1ccc(NC(=O)COC(=O)C2Oc3ccccc3OC2C)cc1Cl. The highest BCUT2D eigenvalue weighted by Crippen LogP contribution is 2.33. The van der Waals surface area contributed by atoms with Gasteiger partial charge >= 0.3 is 5.97 Å². The molecule has 6 nitrogen and oxygen atoms in total. The summed E-state index contributed by atoms with van der Waals surface area (Å²) in [6, 6.07) is 12.2. The number of para-hydroxylation sites is 2. The number of benzene rings is 2. The van der Waals surface area contributed by atoms with Gasteiger partial charge in [0.25, 0.3) is 5.91 Å². The van der Waals surface area contributed by atoms with Crippen LogP contribution in [0.3, 0.4) is 0 Å². The van der Waals surface area contributed by atoms with E-state index in [9.17, 15) is 9.59 Å². The van der Waals surface area contributed by atoms with Gasteiger partial charge in [0.2, 0.25) is 6.10 Å². The Balaban J connectivity index is 1.55. The summed E-state index contributed by atoms with van der Waals surface area (Å²) in [6.07, 6.45) is -1.47. The molecule has 1 aliphatic heterocycles. The first-order chi connectivity index (χ1) is 12.4. The van der Waals surface area contributed by atoms with Crippen molar-refractivity contribution in [1.29, 1.82) is 0 Å². The zero-order valence-corrected chi connectivity index (χ0v) is 15.1. The van der Waals surface area contributed by atoms with Crippen LogP contribution in [0, 0.1) is 6.92 Å². The number of carbonyl (C=O) groups is 2. The molecule has 7 heteroatoms. The number of ether oxygens (including phenoxy) is 3. The molecule has 26 heavy (non-hydrogen) atoms. The number of fused-ring (bicyclic) bond motifs is 1. The van der Waals surface area contributed by atoms with Crippen molar-refractivity contribution in [2.45, 2.75) is 26.1 Å². The van der Waals surface area contributed by atoms with Crippen molar-refractivity contribution in [3.63, 3.8) is 0 Å².